The van der Waals surface area contributed by atoms with Gasteiger partial charge >= 0.3 is 5.97 Å². The standard InChI is InChI=1S/C14H9Cl2N3O2/c15-11-6-12(16)19-13(18-11)9-3-1-8(2-4-9)5-10(7-17)14(20)21/h1-4,6,10H,5H2,(H,20,21). The van der Waals surface area contributed by atoms with Gasteiger partial charge in [0.1, 0.15) is 16.2 Å². The minimum Gasteiger partial charge on any atom is -0.480 e. The summed E-state index contributed by atoms with van der Waals surface area (Å²) in [5.41, 5.74) is 1.44. The molecule has 7 heteroatoms. The number of hydrogen-bond acceptors (Lipinski definition) is 4. The van der Waals surface area contributed by atoms with E-state index in [1.807, 2.05) is 0 Å². The molecule has 0 radical (unpaired) electrons. The Kier molecular flexibility index (Phi) is 4.73. The lowest BCUT2D eigenvalue weighted by Crippen LogP contribution is -2.14. The molecule has 0 aliphatic rings. The number of halogens is 2. The first-order chi connectivity index (χ1) is 9.99. The molecule has 0 aliphatic heterocycles. The highest BCUT2D eigenvalue weighted by molar-refractivity contribution is 6.33. The van der Waals surface area contributed by atoms with Gasteiger partial charge < -0.3 is 5.11 Å². The van der Waals surface area contributed by atoms with Crippen LogP contribution < -0.4 is 0 Å². The molecule has 1 aromatic carbocycles. The number of aromatic nitrogens is 2. The molecule has 2 rings (SSSR count). The summed E-state index contributed by atoms with van der Waals surface area (Å²) >= 11 is 11.6. The first-order valence-corrected chi connectivity index (χ1v) is 6.67. The van der Waals surface area contributed by atoms with Gasteiger partial charge in [0, 0.05) is 11.6 Å². The maximum absolute atomic E-state index is 10.8. The van der Waals surface area contributed by atoms with Crippen molar-refractivity contribution in [2.75, 3.05) is 0 Å². The normalized spacial score (nSPS) is 11.7. The summed E-state index contributed by atoms with van der Waals surface area (Å²) in [5, 5.41) is 18.1. The fourth-order valence-corrected chi connectivity index (χ4v) is 2.16. The van der Waals surface area contributed by atoms with Crippen molar-refractivity contribution in [1.82, 2.24) is 9.97 Å². The highest BCUT2D eigenvalue weighted by Crippen LogP contribution is 2.21. The van der Waals surface area contributed by atoms with Gasteiger partial charge in [-0.15, -0.1) is 0 Å². The van der Waals surface area contributed by atoms with Crippen molar-refractivity contribution >= 4 is 29.2 Å². The van der Waals surface area contributed by atoms with E-state index in [0.29, 0.717) is 11.4 Å². The van der Waals surface area contributed by atoms with Gasteiger partial charge in [0.05, 0.1) is 6.07 Å². The van der Waals surface area contributed by atoms with E-state index >= 15 is 0 Å². The monoisotopic (exact) mass is 321 g/mol. The number of carboxylic acid groups (broad SMARTS) is 1. The van der Waals surface area contributed by atoms with E-state index in [1.54, 1.807) is 30.3 Å². The van der Waals surface area contributed by atoms with Crippen molar-refractivity contribution in [1.29, 1.82) is 5.26 Å². The molecule has 1 atom stereocenters. The van der Waals surface area contributed by atoms with Crippen molar-refractivity contribution in [2.24, 2.45) is 5.92 Å². The van der Waals surface area contributed by atoms with E-state index in [9.17, 15) is 4.79 Å². The molecule has 0 bridgehead atoms. The van der Waals surface area contributed by atoms with E-state index in [-0.39, 0.29) is 16.7 Å². The molecule has 21 heavy (non-hydrogen) atoms. The lowest BCUT2D eigenvalue weighted by Gasteiger charge is -2.06. The van der Waals surface area contributed by atoms with Crippen LogP contribution in [0.25, 0.3) is 11.4 Å². The number of aliphatic carboxylic acids is 1. The molecular formula is C14H9Cl2N3O2. The first kappa shape index (κ1) is 15.2. The third-order valence-electron chi connectivity index (χ3n) is 2.77. The predicted molar refractivity (Wildman–Crippen MR) is 77.9 cm³/mol. The number of rotatable bonds is 4. The molecule has 1 unspecified atom stereocenters. The van der Waals surface area contributed by atoms with E-state index in [2.05, 4.69) is 9.97 Å². The number of nitrogens with zero attached hydrogens (tertiary/aromatic N) is 3. The topological polar surface area (TPSA) is 86.9 Å². The van der Waals surface area contributed by atoms with Crippen molar-refractivity contribution in [3.8, 4) is 17.5 Å². The van der Waals surface area contributed by atoms with Gasteiger partial charge in [-0.3, -0.25) is 4.79 Å². The summed E-state index contributed by atoms with van der Waals surface area (Å²) in [5.74, 6) is -1.81. The summed E-state index contributed by atoms with van der Waals surface area (Å²) in [7, 11) is 0. The van der Waals surface area contributed by atoms with Crippen LogP contribution >= 0.6 is 23.2 Å². The first-order valence-electron chi connectivity index (χ1n) is 5.91. The summed E-state index contributed by atoms with van der Waals surface area (Å²) in [6.45, 7) is 0. The Morgan fingerprint density at radius 1 is 1.24 bits per heavy atom. The molecule has 0 aliphatic carbocycles. The second-order valence-corrected chi connectivity index (χ2v) is 5.03. The van der Waals surface area contributed by atoms with Gasteiger partial charge in [0.2, 0.25) is 0 Å². The number of carbonyl (C=O) groups is 1. The Balaban J connectivity index is 2.23. The lowest BCUT2D eigenvalue weighted by molar-refractivity contribution is -0.139. The molecule has 1 heterocycles. The molecule has 106 valence electrons. The minimum atomic E-state index is -1.13. The fourth-order valence-electron chi connectivity index (χ4n) is 1.73. The number of hydrogen-bond donors (Lipinski definition) is 1. The minimum absolute atomic E-state index is 0.142. The summed E-state index contributed by atoms with van der Waals surface area (Å²) in [4.78, 5) is 19.0. The molecule has 0 saturated heterocycles. The zero-order chi connectivity index (χ0) is 15.4. The zero-order valence-electron chi connectivity index (χ0n) is 10.6. The smallest absolute Gasteiger partial charge is 0.321 e. The Morgan fingerprint density at radius 2 is 1.81 bits per heavy atom. The Labute approximate surface area is 130 Å². The molecule has 0 spiro atoms. The number of nitriles is 1. The summed E-state index contributed by atoms with van der Waals surface area (Å²) in [6.07, 6.45) is 0.142. The van der Waals surface area contributed by atoms with Crippen molar-refractivity contribution in [3.05, 3.63) is 46.2 Å². The van der Waals surface area contributed by atoms with Crippen LogP contribution in [0.2, 0.25) is 10.3 Å². The van der Waals surface area contributed by atoms with Crippen LogP contribution in [0, 0.1) is 17.2 Å². The van der Waals surface area contributed by atoms with Gasteiger partial charge in [-0.05, 0) is 12.0 Å². The predicted octanol–water partition coefficient (Wildman–Crippen LogP) is 3.22. The van der Waals surface area contributed by atoms with Crippen LogP contribution in [-0.2, 0) is 11.2 Å². The average Bonchev–Trinajstić information content (AvgIpc) is 2.44. The SMILES string of the molecule is N#CC(Cc1ccc(-c2nc(Cl)cc(Cl)n2)cc1)C(=O)O. The van der Waals surface area contributed by atoms with E-state index in [0.717, 1.165) is 5.56 Å². The fraction of sp³-hybridized carbons (Fsp3) is 0.143. The van der Waals surface area contributed by atoms with Crippen molar-refractivity contribution < 1.29 is 9.90 Å². The molecular weight excluding hydrogens is 313 g/mol. The average molecular weight is 322 g/mol. The molecule has 0 saturated carbocycles. The van der Waals surface area contributed by atoms with Crippen LogP contribution in [-0.4, -0.2) is 21.0 Å². The lowest BCUT2D eigenvalue weighted by atomic mass is 10.00. The third kappa shape index (κ3) is 3.91. The van der Waals surface area contributed by atoms with Crippen LogP contribution in [0.4, 0.5) is 0 Å². The quantitative estimate of drug-likeness (QED) is 0.873. The van der Waals surface area contributed by atoms with Crippen LogP contribution in [0.1, 0.15) is 5.56 Å². The summed E-state index contributed by atoms with van der Waals surface area (Å²) < 4.78 is 0. The molecule has 1 aromatic heterocycles. The highest BCUT2D eigenvalue weighted by atomic mass is 35.5. The highest BCUT2D eigenvalue weighted by Gasteiger charge is 2.17. The second-order valence-electron chi connectivity index (χ2n) is 4.26. The van der Waals surface area contributed by atoms with Crippen LogP contribution in [0.15, 0.2) is 30.3 Å². The van der Waals surface area contributed by atoms with Gasteiger partial charge in [0.25, 0.3) is 0 Å². The van der Waals surface area contributed by atoms with Gasteiger partial charge in [0.15, 0.2) is 5.82 Å². The van der Waals surface area contributed by atoms with E-state index < -0.39 is 11.9 Å². The maximum Gasteiger partial charge on any atom is 0.321 e. The van der Waals surface area contributed by atoms with Gasteiger partial charge in [-0.25, -0.2) is 9.97 Å². The number of benzene rings is 1. The molecule has 2 aromatic rings. The second kappa shape index (κ2) is 6.53. The number of carboxylic acids is 1. The Morgan fingerprint density at radius 3 is 2.29 bits per heavy atom. The van der Waals surface area contributed by atoms with Gasteiger partial charge in [-0.2, -0.15) is 5.26 Å². The molecule has 0 amide bonds. The molecule has 1 N–H and O–H groups in total. The third-order valence-corrected chi connectivity index (χ3v) is 3.16. The van der Waals surface area contributed by atoms with E-state index in [4.69, 9.17) is 33.6 Å². The van der Waals surface area contributed by atoms with Crippen molar-refractivity contribution in [2.45, 2.75) is 6.42 Å². The Hall–Kier alpha value is -2.16. The zero-order valence-corrected chi connectivity index (χ0v) is 12.1. The largest absolute Gasteiger partial charge is 0.480 e. The summed E-state index contributed by atoms with van der Waals surface area (Å²) in [6, 6.07) is 10.1. The van der Waals surface area contributed by atoms with E-state index in [1.165, 1.54) is 6.07 Å². The van der Waals surface area contributed by atoms with Crippen LogP contribution in [0.5, 0.6) is 0 Å². The Bertz CT molecular complexity index is 691. The van der Waals surface area contributed by atoms with Gasteiger partial charge in [-0.1, -0.05) is 47.5 Å². The molecule has 5 nitrogen and oxygen atoms in total. The van der Waals surface area contributed by atoms with Crippen LogP contribution in [0.3, 0.4) is 0 Å². The maximum atomic E-state index is 10.8. The van der Waals surface area contributed by atoms with Crippen molar-refractivity contribution in [3.63, 3.8) is 0 Å². The molecule has 0 fully saturated rings.